The molecule has 0 aliphatic carbocycles. The minimum Gasteiger partial charge on any atom is -0.313 e. The van der Waals surface area contributed by atoms with Gasteiger partial charge in [0.05, 0.1) is 12.5 Å². The molecule has 1 unspecified atom stereocenters. The first-order valence-electron chi connectivity index (χ1n) is 4.40. The Labute approximate surface area is 79.7 Å². The lowest BCUT2D eigenvalue weighted by Gasteiger charge is -2.08. The molecule has 0 spiro atoms. The fraction of sp³-hybridized carbons (Fsp3) is 0.889. The molecule has 0 aromatic rings. The molecule has 0 aliphatic heterocycles. The largest absolute Gasteiger partial charge is 0.313 e. The van der Waals surface area contributed by atoms with Crippen molar-refractivity contribution in [2.45, 2.75) is 32.2 Å². The number of unbranched alkanes of at least 4 members (excludes halogenated alkanes) is 1. The Morgan fingerprint density at radius 1 is 1.50 bits per heavy atom. The minimum absolute atomic E-state index is 0.351. The number of thioether (sulfide) groups is 1. The van der Waals surface area contributed by atoms with E-state index in [9.17, 15) is 0 Å². The van der Waals surface area contributed by atoms with Crippen molar-refractivity contribution >= 4 is 11.8 Å². The molecule has 0 amide bonds. The topological polar surface area (TPSA) is 35.8 Å². The van der Waals surface area contributed by atoms with E-state index < -0.39 is 0 Å². The van der Waals surface area contributed by atoms with Crippen molar-refractivity contribution in [3.63, 3.8) is 0 Å². The van der Waals surface area contributed by atoms with Crippen LogP contribution in [0.15, 0.2) is 0 Å². The Morgan fingerprint density at radius 3 is 2.83 bits per heavy atom. The van der Waals surface area contributed by atoms with Crippen LogP contribution in [0.5, 0.6) is 0 Å². The zero-order valence-corrected chi connectivity index (χ0v) is 8.78. The van der Waals surface area contributed by atoms with E-state index in [0.717, 1.165) is 6.54 Å². The van der Waals surface area contributed by atoms with Crippen molar-refractivity contribution < 1.29 is 0 Å². The van der Waals surface area contributed by atoms with E-state index >= 15 is 0 Å². The molecule has 0 aromatic carbocycles. The van der Waals surface area contributed by atoms with Crippen molar-refractivity contribution in [1.82, 2.24) is 5.32 Å². The van der Waals surface area contributed by atoms with Crippen LogP contribution in [0.3, 0.4) is 0 Å². The molecule has 1 atom stereocenters. The van der Waals surface area contributed by atoms with Crippen LogP contribution in [0.2, 0.25) is 0 Å². The normalized spacial score (nSPS) is 12.4. The zero-order valence-electron chi connectivity index (χ0n) is 7.97. The van der Waals surface area contributed by atoms with Crippen LogP contribution >= 0.6 is 11.8 Å². The van der Waals surface area contributed by atoms with Gasteiger partial charge in [-0.3, -0.25) is 0 Å². The predicted octanol–water partition coefficient (Wildman–Crippen LogP) is 2.02. The first kappa shape index (κ1) is 11.8. The Balaban J connectivity index is 3.04. The number of nitrogens with one attached hydrogen (secondary N) is 1. The van der Waals surface area contributed by atoms with Gasteiger partial charge in [-0.15, -0.1) is 0 Å². The molecule has 70 valence electrons. The van der Waals surface area contributed by atoms with E-state index in [1.54, 1.807) is 0 Å². The molecular weight excluding hydrogens is 168 g/mol. The molecule has 0 saturated carbocycles. The van der Waals surface area contributed by atoms with E-state index in [4.69, 9.17) is 5.26 Å². The van der Waals surface area contributed by atoms with Crippen LogP contribution in [0.4, 0.5) is 0 Å². The molecule has 0 radical (unpaired) electrons. The Kier molecular flexibility index (Phi) is 8.74. The smallest absolute Gasteiger partial charge is 0.0638 e. The standard InChI is InChI=1S/C9H18N2S/c1-9(5-6-10)11-7-3-4-8-12-2/h9,11H,3-5,7-8H2,1-2H3. The second kappa shape index (κ2) is 8.89. The van der Waals surface area contributed by atoms with Gasteiger partial charge < -0.3 is 5.32 Å². The Bertz CT molecular complexity index is 131. The lowest BCUT2D eigenvalue weighted by atomic mass is 10.2. The summed E-state index contributed by atoms with van der Waals surface area (Å²) in [5.74, 6) is 1.24. The van der Waals surface area contributed by atoms with Crippen LogP contribution in [-0.2, 0) is 0 Å². The van der Waals surface area contributed by atoms with E-state index in [-0.39, 0.29) is 0 Å². The third-order valence-corrected chi connectivity index (χ3v) is 2.36. The quantitative estimate of drug-likeness (QED) is 0.618. The first-order valence-corrected chi connectivity index (χ1v) is 5.80. The van der Waals surface area contributed by atoms with Gasteiger partial charge >= 0.3 is 0 Å². The van der Waals surface area contributed by atoms with Gasteiger partial charge in [0, 0.05) is 6.04 Å². The highest BCUT2D eigenvalue weighted by Crippen LogP contribution is 1.98. The van der Waals surface area contributed by atoms with E-state index in [1.165, 1.54) is 18.6 Å². The Morgan fingerprint density at radius 2 is 2.25 bits per heavy atom. The van der Waals surface area contributed by atoms with Crippen molar-refractivity contribution in [2.75, 3.05) is 18.6 Å². The predicted molar refractivity (Wildman–Crippen MR) is 55.3 cm³/mol. The van der Waals surface area contributed by atoms with Crippen LogP contribution in [0, 0.1) is 11.3 Å². The maximum atomic E-state index is 8.38. The fourth-order valence-corrected chi connectivity index (χ4v) is 1.42. The summed E-state index contributed by atoms with van der Waals surface area (Å²) < 4.78 is 0. The van der Waals surface area contributed by atoms with E-state index in [0.29, 0.717) is 12.5 Å². The lowest BCUT2D eigenvalue weighted by molar-refractivity contribution is 0.542. The molecule has 0 saturated heterocycles. The number of nitriles is 1. The van der Waals surface area contributed by atoms with Gasteiger partial charge in [0.15, 0.2) is 0 Å². The van der Waals surface area contributed by atoms with Crippen LogP contribution < -0.4 is 5.32 Å². The highest BCUT2D eigenvalue weighted by Gasteiger charge is 1.97. The fourth-order valence-electron chi connectivity index (χ4n) is 0.929. The summed E-state index contributed by atoms with van der Waals surface area (Å²) in [6, 6.07) is 2.50. The summed E-state index contributed by atoms with van der Waals surface area (Å²) in [5, 5.41) is 11.7. The molecule has 0 fully saturated rings. The lowest BCUT2D eigenvalue weighted by Crippen LogP contribution is -2.26. The van der Waals surface area contributed by atoms with Crippen LogP contribution in [0.25, 0.3) is 0 Å². The maximum Gasteiger partial charge on any atom is 0.0638 e. The average Bonchev–Trinajstić information content (AvgIpc) is 2.05. The van der Waals surface area contributed by atoms with Gasteiger partial charge in [-0.2, -0.15) is 17.0 Å². The summed E-state index contributed by atoms with van der Waals surface area (Å²) in [6.45, 7) is 3.10. The molecule has 0 bridgehead atoms. The molecule has 12 heavy (non-hydrogen) atoms. The van der Waals surface area contributed by atoms with Crippen molar-refractivity contribution in [3.8, 4) is 6.07 Å². The van der Waals surface area contributed by atoms with Gasteiger partial charge in [-0.05, 0) is 38.3 Å². The minimum atomic E-state index is 0.351. The van der Waals surface area contributed by atoms with Crippen molar-refractivity contribution in [1.29, 1.82) is 5.26 Å². The summed E-state index contributed by atoms with van der Waals surface area (Å²) in [6.07, 6.45) is 5.23. The Hall–Kier alpha value is -0.200. The number of nitrogens with zero attached hydrogens (tertiary/aromatic N) is 1. The van der Waals surface area contributed by atoms with Crippen LogP contribution in [-0.4, -0.2) is 24.6 Å². The summed E-state index contributed by atoms with van der Waals surface area (Å²) in [5.41, 5.74) is 0. The second-order valence-electron chi connectivity index (χ2n) is 2.92. The van der Waals surface area contributed by atoms with E-state index in [2.05, 4.69) is 24.6 Å². The zero-order chi connectivity index (χ0) is 9.23. The molecule has 0 heterocycles. The van der Waals surface area contributed by atoms with Gasteiger partial charge in [0.25, 0.3) is 0 Å². The van der Waals surface area contributed by atoms with Crippen molar-refractivity contribution in [2.24, 2.45) is 0 Å². The average molecular weight is 186 g/mol. The van der Waals surface area contributed by atoms with Crippen molar-refractivity contribution in [3.05, 3.63) is 0 Å². The molecule has 0 aromatic heterocycles. The van der Waals surface area contributed by atoms with Gasteiger partial charge in [-0.1, -0.05) is 0 Å². The summed E-state index contributed by atoms with van der Waals surface area (Å²) >= 11 is 1.89. The van der Waals surface area contributed by atoms with E-state index in [1.807, 2.05) is 11.8 Å². The molecule has 0 rings (SSSR count). The SMILES string of the molecule is CSCCCCNC(C)CC#N. The monoisotopic (exact) mass is 186 g/mol. The molecule has 3 heteroatoms. The third-order valence-electron chi connectivity index (χ3n) is 1.67. The molecular formula is C9H18N2S. The maximum absolute atomic E-state index is 8.38. The van der Waals surface area contributed by atoms with Gasteiger partial charge in [0.2, 0.25) is 0 Å². The number of rotatable bonds is 7. The molecule has 2 nitrogen and oxygen atoms in total. The first-order chi connectivity index (χ1) is 5.81. The third kappa shape index (κ3) is 7.90. The van der Waals surface area contributed by atoms with Gasteiger partial charge in [0.1, 0.15) is 0 Å². The molecule has 0 aliphatic rings. The highest BCUT2D eigenvalue weighted by atomic mass is 32.2. The summed E-state index contributed by atoms with van der Waals surface area (Å²) in [4.78, 5) is 0. The van der Waals surface area contributed by atoms with Gasteiger partial charge in [-0.25, -0.2) is 0 Å². The number of hydrogen-bond acceptors (Lipinski definition) is 3. The molecule has 1 N–H and O–H groups in total. The second-order valence-corrected chi connectivity index (χ2v) is 3.90. The summed E-state index contributed by atoms with van der Waals surface area (Å²) in [7, 11) is 0. The highest BCUT2D eigenvalue weighted by molar-refractivity contribution is 7.98. The number of hydrogen-bond donors (Lipinski definition) is 1. The van der Waals surface area contributed by atoms with Crippen LogP contribution in [0.1, 0.15) is 26.2 Å².